The number of quaternary nitrogens is 1. The first kappa shape index (κ1) is 13.9. The van der Waals surface area contributed by atoms with Crippen molar-refractivity contribution >= 4 is 40.7 Å². The van der Waals surface area contributed by atoms with Gasteiger partial charge in [0.1, 0.15) is 0 Å². The minimum atomic E-state index is -1.62. The van der Waals surface area contributed by atoms with E-state index in [0.717, 1.165) is 0 Å². The Labute approximate surface area is 94.3 Å². The molecule has 0 radical (unpaired) electrons. The molecule has 0 aromatic rings. The summed E-state index contributed by atoms with van der Waals surface area (Å²) in [4.78, 5) is 21.8. The average molecular weight is 288 g/mol. The van der Waals surface area contributed by atoms with Crippen LogP contribution in [0.4, 0.5) is 0 Å². The third-order valence-corrected chi connectivity index (χ3v) is 2.77. The van der Waals surface area contributed by atoms with Gasteiger partial charge in [0.15, 0.2) is 0 Å². The summed E-state index contributed by atoms with van der Waals surface area (Å²) in [5.74, 6) is -2.12. The summed E-state index contributed by atoms with van der Waals surface area (Å²) in [5, 5.41) is 26.2. The number of hydrogen-bond donors (Lipinski definition) is 4. The monoisotopic (exact) mass is 289 g/mol. The van der Waals surface area contributed by atoms with Crippen molar-refractivity contribution in [3.8, 4) is 0 Å². The summed E-state index contributed by atoms with van der Waals surface area (Å²) in [6.45, 7) is -0.760. The predicted octanol–water partition coefficient (Wildman–Crippen LogP) is -4.01. The van der Waals surface area contributed by atoms with E-state index >= 15 is 0 Å². The van der Waals surface area contributed by atoms with E-state index in [1.54, 1.807) is 0 Å². The van der Waals surface area contributed by atoms with Gasteiger partial charge in [0.25, 0.3) is 0 Å². The molecule has 0 aromatic carbocycles. The van der Waals surface area contributed by atoms with E-state index in [9.17, 15) is 9.59 Å². The van der Waals surface area contributed by atoms with Crippen LogP contribution in [-0.4, -0.2) is 62.0 Å². The molecule has 6 nitrogen and oxygen atoms in total. The number of carbonyl (C=O) groups excluding carboxylic acids is 1. The van der Waals surface area contributed by atoms with Crippen molar-refractivity contribution in [2.75, 3.05) is 6.61 Å². The molecular weight excluding hydrogens is 277 g/mol. The number of hydrogen-bond acceptors (Lipinski definition) is 5. The zero-order valence-electron chi connectivity index (χ0n) is 7.08. The molecule has 14 heavy (non-hydrogen) atoms. The van der Waals surface area contributed by atoms with Crippen LogP contribution in [-0.2, 0) is 22.4 Å². The van der Waals surface area contributed by atoms with Gasteiger partial charge < -0.3 is 0 Å². The average Bonchev–Trinajstić information content (AvgIpc) is 2.15. The Morgan fingerprint density at radius 3 is 2.29 bits per heavy atom. The number of carbonyl (C=O) groups is 2. The maximum absolute atomic E-state index is 11.2. The zero-order valence-corrected chi connectivity index (χ0v) is 9.78. The summed E-state index contributed by atoms with van der Waals surface area (Å²) in [7, 11) is 0. The number of carboxylic acid groups (broad SMARTS) is 1. The van der Waals surface area contributed by atoms with Gasteiger partial charge in [0.05, 0.1) is 0 Å². The number of aliphatic hydroxyl groups is 2. The summed E-state index contributed by atoms with van der Waals surface area (Å²) < 4.78 is -0.361. The summed E-state index contributed by atoms with van der Waals surface area (Å²) >= 11 is 6.62. The van der Waals surface area contributed by atoms with Gasteiger partial charge in [0.2, 0.25) is 0 Å². The Bertz CT molecular complexity index is 226. The first-order valence-corrected chi connectivity index (χ1v) is 5.39. The van der Waals surface area contributed by atoms with Crippen molar-refractivity contribution < 1.29 is 29.2 Å². The number of aliphatic carboxylic acids is 1. The summed E-state index contributed by atoms with van der Waals surface area (Å²) in [6.07, 6.45) is -1.62. The Hall–Kier alpha value is -0.111. The van der Waals surface area contributed by atoms with Gasteiger partial charge in [-0.05, 0) is 0 Å². The molecule has 3 atom stereocenters. The topological polar surface area (TPSA) is 99.3 Å². The van der Waals surface area contributed by atoms with E-state index in [4.69, 9.17) is 15.3 Å². The molecule has 0 aliphatic rings. The molecule has 3 unspecified atom stereocenters. The number of aliphatic hydroxyl groups excluding tert-OH is 2. The summed E-state index contributed by atoms with van der Waals surface area (Å²) in [6, 6.07) is -1.10. The van der Waals surface area contributed by atoms with Crippen LogP contribution in [0.2, 0.25) is 5.32 Å². The molecule has 0 aliphatic heterocycles. The maximum atomic E-state index is 11.2. The van der Waals surface area contributed by atoms with Crippen LogP contribution in [0.5, 0.6) is 0 Å². The van der Waals surface area contributed by atoms with E-state index in [2.05, 4.69) is 12.8 Å². The second-order valence-corrected chi connectivity index (χ2v) is 3.71. The predicted molar refractivity (Wildman–Crippen MR) is 49.8 cm³/mol. The third kappa shape index (κ3) is 3.56. The van der Waals surface area contributed by atoms with Gasteiger partial charge in [-0.3, -0.25) is 0 Å². The SMILES string of the molecule is O=C(O)C(C[SeH])[NH+]([S-])C(=O)C(O)CO. The Kier molecular flexibility index (Phi) is 6.34. The van der Waals surface area contributed by atoms with Crippen molar-refractivity contribution in [1.82, 2.24) is 0 Å². The van der Waals surface area contributed by atoms with E-state index in [1.165, 1.54) is 0 Å². The van der Waals surface area contributed by atoms with Gasteiger partial charge in [-0.15, -0.1) is 0 Å². The molecule has 8 heteroatoms. The third-order valence-electron chi connectivity index (χ3n) is 1.52. The van der Waals surface area contributed by atoms with Gasteiger partial charge in [-0.25, -0.2) is 0 Å². The number of nitrogens with one attached hydrogen (secondary N) is 1. The zero-order chi connectivity index (χ0) is 11.3. The van der Waals surface area contributed by atoms with Gasteiger partial charge >= 0.3 is 94.0 Å². The molecule has 0 bridgehead atoms. The van der Waals surface area contributed by atoms with E-state index < -0.39 is 30.6 Å². The molecule has 0 spiro atoms. The molecule has 0 fully saturated rings. The van der Waals surface area contributed by atoms with Crippen LogP contribution in [0.1, 0.15) is 0 Å². The summed E-state index contributed by atoms with van der Waals surface area (Å²) in [5.41, 5.74) is 0. The molecule has 1 amide bonds. The van der Waals surface area contributed by atoms with E-state index in [0.29, 0.717) is 0 Å². The van der Waals surface area contributed by atoms with Crippen LogP contribution in [0.15, 0.2) is 0 Å². The Morgan fingerprint density at radius 1 is 1.50 bits per heavy atom. The van der Waals surface area contributed by atoms with Crippen LogP contribution >= 0.6 is 0 Å². The first-order valence-electron chi connectivity index (χ1n) is 3.66. The normalized spacial score (nSPS) is 17.1. The number of carboxylic acids is 1. The Balaban J connectivity index is 4.49. The number of rotatable bonds is 5. The number of amides is 1. The van der Waals surface area contributed by atoms with Crippen LogP contribution in [0.3, 0.4) is 0 Å². The second-order valence-electron chi connectivity index (χ2n) is 2.50. The van der Waals surface area contributed by atoms with Crippen molar-refractivity contribution in [3.63, 3.8) is 0 Å². The molecule has 0 heterocycles. The van der Waals surface area contributed by atoms with Crippen LogP contribution in [0.25, 0.3) is 0 Å². The first-order chi connectivity index (χ1) is 6.45. The minimum absolute atomic E-state index is 0.116. The molecule has 0 rings (SSSR count). The van der Waals surface area contributed by atoms with Gasteiger partial charge in [-0.1, -0.05) is 0 Å². The van der Waals surface area contributed by atoms with Gasteiger partial charge in [0, 0.05) is 0 Å². The fourth-order valence-corrected chi connectivity index (χ4v) is 1.99. The van der Waals surface area contributed by atoms with Crippen molar-refractivity contribution in [2.45, 2.75) is 17.5 Å². The van der Waals surface area contributed by atoms with E-state index in [-0.39, 0.29) is 9.62 Å². The molecule has 0 aliphatic carbocycles. The van der Waals surface area contributed by atoms with E-state index in [1.807, 2.05) is 16.0 Å². The van der Waals surface area contributed by atoms with Crippen molar-refractivity contribution in [2.24, 2.45) is 0 Å². The molecular formula is C6H11NO5SSe. The second kappa shape index (κ2) is 6.39. The Morgan fingerprint density at radius 2 is 2.00 bits per heavy atom. The fraction of sp³-hybridized carbons (Fsp3) is 0.667. The molecule has 82 valence electrons. The molecule has 0 saturated heterocycles. The molecule has 0 aromatic heterocycles. The van der Waals surface area contributed by atoms with Crippen molar-refractivity contribution in [3.05, 3.63) is 0 Å². The van der Waals surface area contributed by atoms with Gasteiger partial charge in [-0.2, -0.15) is 0 Å². The molecule has 4 N–H and O–H groups in total. The quantitative estimate of drug-likeness (QED) is 0.304. The fourth-order valence-electron chi connectivity index (χ4n) is 0.692. The van der Waals surface area contributed by atoms with Crippen LogP contribution in [0, 0.1) is 0 Å². The van der Waals surface area contributed by atoms with Crippen LogP contribution < -0.4 is 4.31 Å². The van der Waals surface area contributed by atoms with Crippen molar-refractivity contribution in [1.29, 1.82) is 0 Å². The molecule has 0 saturated carbocycles. The standard InChI is InChI=1S/C6H11NO5SSe/c8-1-4(9)5(10)7(13)3(2-14)6(11)12/h3-4,7-9,14H,1-2H2,(H,11,12).